The number of carboxylic acids is 1. The number of nitrogens with one attached hydrogen (secondary N) is 2. The highest BCUT2D eigenvalue weighted by molar-refractivity contribution is 9.10. The lowest BCUT2D eigenvalue weighted by molar-refractivity contribution is 0.0696. The summed E-state index contributed by atoms with van der Waals surface area (Å²) >= 11 is 11.7. The van der Waals surface area contributed by atoms with Crippen molar-refractivity contribution >= 4 is 66.8 Å². The molecule has 0 radical (unpaired) electrons. The number of thiocarbonyl (C=S) groups is 1. The van der Waals surface area contributed by atoms with E-state index in [0.29, 0.717) is 15.7 Å². The number of benzene rings is 2. The van der Waals surface area contributed by atoms with Gasteiger partial charge < -0.3 is 10.4 Å². The third kappa shape index (κ3) is 4.85. The lowest BCUT2D eigenvalue weighted by Gasteiger charge is -2.11. The highest BCUT2D eigenvalue weighted by Crippen LogP contribution is 2.23. The second-order valence-corrected chi connectivity index (χ2v) is 6.59. The van der Waals surface area contributed by atoms with Crippen LogP contribution in [0.25, 0.3) is 0 Å². The monoisotopic (exact) mass is 456 g/mol. The molecule has 1 amide bonds. The van der Waals surface area contributed by atoms with Gasteiger partial charge in [0, 0.05) is 14.5 Å². The van der Waals surface area contributed by atoms with Crippen LogP contribution >= 0.6 is 44.1 Å². The summed E-state index contributed by atoms with van der Waals surface area (Å²) in [5.74, 6) is -1.41. The number of carbonyl (C=O) groups is 2. The molecule has 0 aliphatic rings. The molecule has 0 saturated heterocycles. The quantitative estimate of drug-likeness (QED) is 0.606. The molecule has 8 heteroatoms. The predicted molar refractivity (Wildman–Crippen MR) is 98.9 cm³/mol. The fourth-order valence-corrected chi connectivity index (χ4v) is 2.50. The number of aromatic carboxylic acids is 1. The van der Waals surface area contributed by atoms with Crippen molar-refractivity contribution in [2.75, 3.05) is 5.32 Å². The summed E-state index contributed by atoms with van der Waals surface area (Å²) in [6.07, 6.45) is 0. The van der Waals surface area contributed by atoms with Crippen LogP contribution in [0.1, 0.15) is 20.7 Å². The van der Waals surface area contributed by atoms with Crippen molar-refractivity contribution in [3.63, 3.8) is 0 Å². The first kappa shape index (κ1) is 17.6. The molecule has 2 aromatic carbocycles. The Morgan fingerprint density at radius 2 is 1.61 bits per heavy atom. The first-order chi connectivity index (χ1) is 10.9. The minimum Gasteiger partial charge on any atom is -0.478 e. The third-order valence-corrected chi connectivity index (χ3v) is 4.22. The molecule has 2 rings (SSSR count). The van der Waals surface area contributed by atoms with Gasteiger partial charge in [-0.1, -0.05) is 15.9 Å². The van der Waals surface area contributed by atoms with Crippen LogP contribution in [0.3, 0.4) is 0 Å². The molecule has 5 nitrogen and oxygen atoms in total. The summed E-state index contributed by atoms with van der Waals surface area (Å²) in [5.41, 5.74) is 1.01. The highest BCUT2D eigenvalue weighted by Gasteiger charge is 2.11. The van der Waals surface area contributed by atoms with Crippen LogP contribution in [0, 0.1) is 0 Å². The lowest BCUT2D eigenvalue weighted by atomic mass is 10.2. The molecule has 23 heavy (non-hydrogen) atoms. The molecule has 3 N–H and O–H groups in total. The van der Waals surface area contributed by atoms with E-state index in [1.54, 1.807) is 30.3 Å². The zero-order valence-electron chi connectivity index (χ0n) is 11.5. The van der Waals surface area contributed by atoms with Gasteiger partial charge in [-0.25, -0.2) is 4.79 Å². The number of carbonyl (C=O) groups excluding carboxylic acids is 1. The number of anilines is 1. The fourth-order valence-electron chi connectivity index (χ4n) is 1.68. The summed E-state index contributed by atoms with van der Waals surface area (Å²) in [6.45, 7) is 0. The van der Waals surface area contributed by atoms with E-state index in [4.69, 9.17) is 17.3 Å². The number of halogens is 2. The van der Waals surface area contributed by atoms with Crippen LogP contribution in [0.5, 0.6) is 0 Å². The first-order valence-electron chi connectivity index (χ1n) is 6.27. The Hall–Kier alpha value is -1.77. The zero-order chi connectivity index (χ0) is 17.0. The van der Waals surface area contributed by atoms with Crippen molar-refractivity contribution in [2.45, 2.75) is 0 Å². The molecule has 0 heterocycles. The van der Waals surface area contributed by atoms with Gasteiger partial charge in [0.2, 0.25) is 0 Å². The van der Waals surface area contributed by atoms with Gasteiger partial charge in [-0.2, -0.15) is 0 Å². The molecule has 0 atom stereocenters. The van der Waals surface area contributed by atoms with Crippen molar-refractivity contribution in [1.29, 1.82) is 0 Å². The standard InChI is InChI=1S/C15H10Br2N2O3S/c16-10-4-1-8(2-5-10)13(20)19-15(23)18-12-7-9(14(21)22)3-6-11(12)17/h1-7H,(H,21,22)(H2,18,19,20,23). The summed E-state index contributed by atoms with van der Waals surface area (Å²) in [4.78, 5) is 23.0. The topological polar surface area (TPSA) is 78.4 Å². The van der Waals surface area contributed by atoms with Crippen molar-refractivity contribution in [3.05, 3.63) is 62.5 Å². The SMILES string of the molecule is O=C(O)c1ccc(Br)c(NC(=S)NC(=O)c2ccc(Br)cc2)c1. The maximum atomic E-state index is 12.1. The molecule has 0 aromatic heterocycles. The van der Waals surface area contributed by atoms with Gasteiger partial charge in [-0.15, -0.1) is 0 Å². The van der Waals surface area contributed by atoms with E-state index in [-0.39, 0.29) is 16.6 Å². The Bertz CT molecular complexity index is 779. The molecule has 0 fully saturated rings. The maximum absolute atomic E-state index is 12.1. The van der Waals surface area contributed by atoms with E-state index in [1.807, 2.05) is 0 Å². The molecule has 0 saturated carbocycles. The molecular formula is C15H10Br2N2O3S. The van der Waals surface area contributed by atoms with Crippen LogP contribution in [0.2, 0.25) is 0 Å². The molecule has 0 spiro atoms. The highest BCUT2D eigenvalue weighted by atomic mass is 79.9. The van der Waals surface area contributed by atoms with Gasteiger partial charge in [-0.05, 0) is 70.6 Å². The minimum atomic E-state index is -1.05. The molecule has 0 bridgehead atoms. The molecular weight excluding hydrogens is 448 g/mol. The third-order valence-electron chi connectivity index (χ3n) is 2.79. The average molecular weight is 458 g/mol. The van der Waals surface area contributed by atoms with Crippen LogP contribution in [-0.4, -0.2) is 22.1 Å². The number of hydrogen-bond donors (Lipinski definition) is 3. The van der Waals surface area contributed by atoms with Crippen LogP contribution in [-0.2, 0) is 0 Å². The summed E-state index contributed by atoms with van der Waals surface area (Å²) in [7, 11) is 0. The van der Waals surface area contributed by atoms with Crippen molar-refractivity contribution < 1.29 is 14.7 Å². The van der Waals surface area contributed by atoms with E-state index in [1.165, 1.54) is 12.1 Å². The first-order valence-corrected chi connectivity index (χ1v) is 8.27. The zero-order valence-corrected chi connectivity index (χ0v) is 15.5. The second-order valence-electron chi connectivity index (χ2n) is 4.41. The summed E-state index contributed by atoms with van der Waals surface area (Å²) < 4.78 is 1.49. The predicted octanol–water partition coefficient (Wildman–Crippen LogP) is 4.04. The van der Waals surface area contributed by atoms with Gasteiger partial charge in [0.05, 0.1) is 11.3 Å². The second kappa shape index (κ2) is 7.67. The normalized spacial score (nSPS) is 10.0. The number of rotatable bonds is 3. The van der Waals surface area contributed by atoms with Gasteiger partial charge in [0.15, 0.2) is 5.11 Å². The Balaban J connectivity index is 2.07. The lowest BCUT2D eigenvalue weighted by Crippen LogP contribution is -2.34. The van der Waals surface area contributed by atoms with Gasteiger partial charge in [-0.3, -0.25) is 10.1 Å². The maximum Gasteiger partial charge on any atom is 0.335 e. The van der Waals surface area contributed by atoms with E-state index in [2.05, 4.69) is 42.5 Å². The summed E-state index contributed by atoms with van der Waals surface area (Å²) in [6, 6.07) is 11.3. The van der Waals surface area contributed by atoms with Crippen LogP contribution < -0.4 is 10.6 Å². The van der Waals surface area contributed by atoms with E-state index in [0.717, 1.165) is 4.47 Å². The van der Waals surface area contributed by atoms with Crippen molar-refractivity contribution in [2.24, 2.45) is 0 Å². The molecule has 0 aliphatic carbocycles. The summed E-state index contributed by atoms with van der Waals surface area (Å²) in [5, 5.41) is 14.4. The van der Waals surface area contributed by atoms with E-state index >= 15 is 0 Å². The molecule has 118 valence electrons. The number of carboxylic acid groups (broad SMARTS) is 1. The molecule has 0 unspecified atom stereocenters. The smallest absolute Gasteiger partial charge is 0.335 e. The number of hydrogen-bond acceptors (Lipinski definition) is 3. The Labute approximate surface area is 154 Å². The van der Waals surface area contributed by atoms with Gasteiger partial charge in [0.1, 0.15) is 0 Å². The fraction of sp³-hybridized carbons (Fsp3) is 0. The van der Waals surface area contributed by atoms with Gasteiger partial charge in [0.25, 0.3) is 5.91 Å². The Kier molecular flexibility index (Phi) is 5.86. The van der Waals surface area contributed by atoms with Crippen LogP contribution in [0.15, 0.2) is 51.4 Å². The molecule has 2 aromatic rings. The van der Waals surface area contributed by atoms with Crippen molar-refractivity contribution in [3.8, 4) is 0 Å². The Morgan fingerprint density at radius 1 is 1.00 bits per heavy atom. The van der Waals surface area contributed by atoms with Gasteiger partial charge >= 0.3 is 5.97 Å². The largest absolute Gasteiger partial charge is 0.478 e. The Morgan fingerprint density at radius 3 is 2.22 bits per heavy atom. The van der Waals surface area contributed by atoms with E-state index in [9.17, 15) is 9.59 Å². The average Bonchev–Trinajstić information content (AvgIpc) is 2.49. The molecule has 0 aliphatic heterocycles. The van der Waals surface area contributed by atoms with Crippen LogP contribution in [0.4, 0.5) is 5.69 Å². The van der Waals surface area contributed by atoms with Crippen molar-refractivity contribution in [1.82, 2.24) is 5.32 Å². The van der Waals surface area contributed by atoms with E-state index < -0.39 is 5.97 Å². The minimum absolute atomic E-state index is 0.0705. The number of amides is 1.